The van der Waals surface area contributed by atoms with Gasteiger partial charge in [0.15, 0.2) is 5.82 Å². The number of aryl methyl sites for hydroxylation is 1. The summed E-state index contributed by atoms with van der Waals surface area (Å²) in [5.41, 5.74) is 0. The molecule has 0 unspecified atom stereocenters. The van der Waals surface area contributed by atoms with Gasteiger partial charge in [-0.2, -0.15) is 4.98 Å². The molecule has 2 aliphatic rings. The molecule has 1 aromatic heterocycles. The van der Waals surface area contributed by atoms with Crippen molar-refractivity contribution in [2.24, 2.45) is 0 Å². The maximum atomic E-state index is 12.8. The van der Waals surface area contributed by atoms with Crippen molar-refractivity contribution in [3.63, 3.8) is 0 Å². The zero-order valence-electron chi connectivity index (χ0n) is 15.9. The largest absolute Gasteiger partial charge is 0.339 e. The van der Waals surface area contributed by atoms with Gasteiger partial charge in [-0.15, -0.1) is 0 Å². The van der Waals surface area contributed by atoms with Crippen molar-refractivity contribution >= 4 is 5.91 Å². The SMILES string of the molecule is CCN1CCC[C@@H]1[C@@H]1CCCN1C(=O)CCCc1nc(C(C)C)no1. The third-order valence-corrected chi connectivity index (χ3v) is 5.67. The van der Waals surface area contributed by atoms with Crippen LogP contribution in [0.3, 0.4) is 0 Å². The molecule has 3 heterocycles. The summed E-state index contributed by atoms with van der Waals surface area (Å²) in [4.78, 5) is 21.9. The average Bonchev–Trinajstić information content (AvgIpc) is 3.33. The second-order valence-corrected chi connectivity index (χ2v) is 7.69. The lowest BCUT2D eigenvalue weighted by Crippen LogP contribution is -2.48. The van der Waals surface area contributed by atoms with Crippen molar-refractivity contribution in [3.8, 4) is 0 Å². The van der Waals surface area contributed by atoms with Crippen LogP contribution in [0.15, 0.2) is 4.52 Å². The lowest BCUT2D eigenvalue weighted by molar-refractivity contribution is -0.133. The molecular weight excluding hydrogens is 316 g/mol. The monoisotopic (exact) mass is 348 g/mol. The highest BCUT2D eigenvalue weighted by Gasteiger charge is 2.38. The molecule has 0 N–H and O–H groups in total. The number of hydrogen-bond acceptors (Lipinski definition) is 5. The van der Waals surface area contributed by atoms with Crippen LogP contribution < -0.4 is 0 Å². The molecule has 6 nitrogen and oxygen atoms in total. The molecule has 2 aliphatic heterocycles. The maximum absolute atomic E-state index is 12.8. The highest BCUT2D eigenvalue weighted by molar-refractivity contribution is 5.76. The molecule has 0 aliphatic carbocycles. The predicted molar refractivity (Wildman–Crippen MR) is 96.3 cm³/mol. The lowest BCUT2D eigenvalue weighted by Gasteiger charge is -2.34. The van der Waals surface area contributed by atoms with E-state index in [2.05, 4.69) is 26.9 Å². The van der Waals surface area contributed by atoms with E-state index in [4.69, 9.17) is 4.52 Å². The summed E-state index contributed by atoms with van der Waals surface area (Å²) in [5.74, 6) is 1.98. The standard InChI is InChI=1S/C19H32N4O2/c1-4-22-12-6-8-15(22)16-9-7-13-23(16)18(24)11-5-10-17-20-19(14(2)3)21-25-17/h14-16H,4-13H2,1-3H3/t15-,16+/m1/s1. The van der Waals surface area contributed by atoms with Crippen molar-refractivity contribution in [2.45, 2.75) is 83.7 Å². The molecule has 2 atom stereocenters. The number of likely N-dealkylation sites (N-methyl/N-ethyl adjacent to an activating group) is 1. The first-order valence-electron chi connectivity index (χ1n) is 9.96. The van der Waals surface area contributed by atoms with Gasteiger partial charge in [-0.05, 0) is 45.2 Å². The van der Waals surface area contributed by atoms with Crippen molar-refractivity contribution < 1.29 is 9.32 Å². The Morgan fingerprint density at radius 3 is 2.72 bits per heavy atom. The first-order valence-corrected chi connectivity index (χ1v) is 9.96. The topological polar surface area (TPSA) is 62.5 Å². The molecular formula is C19H32N4O2. The van der Waals surface area contributed by atoms with Gasteiger partial charge >= 0.3 is 0 Å². The van der Waals surface area contributed by atoms with E-state index >= 15 is 0 Å². The number of hydrogen-bond donors (Lipinski definition) is 0. The van der Waals surface area contributed by atoms with Gasteiger partial charge in [-0.25, -0.2) is 0 Å². The van der Waals surface area contributed by atoms with Crippen LogP contribution in [0.25, 0.3) is 0 Å². The van der Waals surface area contributed by atoms with Crippen LogP contribution in [-0.2, 0) is 11.2 Å². The minimum Gasteiger partial charge on any atom is -0.339 e. The van der Waals surface area contributed by atoms with Gasteiger partial charge in [0.2, 0.25) is 11.8 Å². The quantitative estimate of drug-likeness (QED) is 0.758. The molecule has 0 aromatic carbocycles. The molecule has 0 radical (unpaired) electrons. The number of carbonyl (C=O) groups excluding carboxylic acids is 1. The van der Waals surface area contributed by atoms with E-state index in [1.165, 1.54) is 19.4 Å². The summed E-state index contributed by atoms with van der Waals surface area (Å²) < 4.78 is 5.27. The number of amides is 1. The summed E-state index contributed by atoms with van der Waals surface area (Å²) in [6.45, 7) is 9.54. The van der Waals surface area contributed by atoms with Crippen LogP contribution in [0.1, 0.15) is 76.9 Å². The Labute approximate surface area is 150 Å². The molecule has 6 heteroatoms. The zero-order chi connectivity index (χ0) is 17.8. The fourth-order valence-corrected chi connectivity index (χ4v) is 4.32. The molecule has 1 amide bonds. The normalized spacial score (nSPS) is 24.6. The molecule has 140 valence electrons. The molecule has 25 heavy (non-hydrogen) atoms. The van der Waals surface area contributed by atoms with Crippen LogP contribution in [0.5, 0.6) is 0 Å². The Hall–Kier alpha value is -1.43. The van der Waals surface area contributed by atoms with Gasteiger partial charge in [0, 0.05) is 37.4 Å². The second kappa shape index (κ2) is 8.30. The van der Waals surface area contributed by atoms with Gasteiger partial charge < -0.3 is 9.42 Å². The molecule has 0 spiro atoms. The maximum Gasteiger partial charge on any atom is 0.226 e. The van der Waals surface area contributed by atoms with Gasteiger partial charge in [-0.1, -0.05) is 25.9 Å². The molecule has 1 aromatic rings. The fourth-order valence-electron chi connectivity index (χ4n) is 4.32. The Kier molecular flexibility index (Phi) is 6.10. The predicted octanol–water partition coefficient (Wildman–Crippen LogP) is 2.99. The molecule has 0 saturated carbocycles. The molecule has 2 saturated heterocycles. The summed E-state index contributed by atoms with van der Waals surface area (Å²) in [5, 5.41) is 3.99. The van der Waals surface area contributed by atoms with E-state index in [0.717, 1.165) is 38.2 Å². The van der Waals surface area contributed by atoms with Crippen molar-refractivity contribution in [2.75, 3.05) is 19.6 Å². The van der Waals surface area contributed by atoms with Crippen LogP contribution in [-0.4, -0.2) is 57.6 Å². The van der Waals surface area contributed by atoms with E-state index in [0.29, 0.717) is 36.7 Å². The van der Waals surface area contributed by atoms with Gasteiger partial charge in [-0.3, -0.25) is 9.69 Å². The smallest absolute Gasteiger partial charge is 0.226 e. The van der Waals surface area contributed by atoms with Crippen molar-refractivity contribution in [1.29, 1.82) is 0 Å². The Morgan fingerprint density at radius 1 is 1.24 bits per heavy atom. The number of nitrogens with zero attached hydrogens (tertiary/aromatic N) is 4. The van der Waals surface area contributed by atoms with Crippen LogP contribution in [0.2, 0.25) is 0 Å². The van der Waals surface area contributed by atoms with E-state index in [-0.39, 0.29) is 5.92 Å². The number of aromatic nitrogens is 2. The Morgan fingerprint density at radius 2 is 2.00 bits per heavy atom. The minimum absolute atomic E-state index is 0.275. The second-order valence-electron chi connectivity index (χ2n) is 7.69. The van der Waals surface area contributed by atoms with Crippen LogP contribution in [0, 0.1) is 0 Å². The number of rotatable bonds is 7. The van der Waals surface area contributed by atoms with Crippen LogP contribution >= 0.6 is 0 Å². The minimum atomic E-state index is 0.275. The Bertz CT molecular complexity index is 572. The van der Waals surface area contributed by atoms with E-state index < -0.39 is 0 Å². The summed E-state index contributed by atoms with van der Waals surface area (Å²) in [6.07, 6.45) is 6.86. The van der Waals surface area contributed by atoms with Crippen LogP contribution in [0.4, 0.5) is 0 Å². The van der Waals surface area contributed by atoms with E-state index in [1.807, 2.05) is 13.8 Å². The van der Waals surface area contributed by atoms with Gasteiger partial charge in [0.25, 0.3) is 0 Å². The number of carbonyl (C=O) groups is 1. The molecule has 3 rings (SSSR count). The highest BCUT2D eigenvalue weighted by Crippen LogP contribution is 2.30. The Balaban J connectivity index is 1.50. The third kappa shape index (κ3) is 4.22. The summed E-state index contributed by atoms with van der Waals surface area (Å²) in [6, 6.07) is 0.992. The summed E-state index contributed by atoms with van der Waals surface area (Å²) in [7, 11) is 0. The molecule has 0 bridgehead atoms. The highest BCUT2D eigenvalue weighted by atomic mass is 16.5. The van der Waals surface area contributed by atoms with Gasteiger partial charge in [0.1, 0.15) is 0 Å². The zero-order valence-corrected chi connectivity index (χ0v) is 15.9. The van der Waals surface area contributed by atoms with Crippen molar-refractivity contribution in [1.82, 2.24) is 19.9 Å². The van der Waals surface area contributed by atoms with E-state index in [1.54, 1.807) is 0 Å². The lowest BCUT2D eigenvalue weighted by atomic mass is 10.0. The summed E-state index contributed by atoms with van der Waals surface area (Å²) >= 11 is 0. The molecule has 2 fully saturated rings. The van der Waals surface area contributed by atoms with Crippen molar-refractivity contribution in [3.05, 3.63) is 11.7 Å². The fraction of sp³-hybridized carbons (Fsp3) is 0.842. The number of likely N-dealkylation sites (tertiary alicyclic amines) is 2. The first-order chi connectivity index (χ1) is 12.1. The van der Waals surface area contributed by atoms with Gasteiger partial charge in [0.05, 0.1) is 0 Å². The third-order valence-electron chi connectivity index (χ3n) is 5.67. The first kappa shape index (κ1) is 18.4. The van der Waals surface area contributed by atoms with E-state index in [9.17, 15) is 4.79 Å². The average molecular weight is 348 g/mol.